The first-order valence-corrected chi connectivity index (χ1v) is 11.0. The topological polar surface area (TPSA) is 98.2 Å². The van der Waals surface area contributed by atoms with Gasteiger partial charge in [-0.15, -0.1) is 0 Å². The zero-order chi connectivity index (χ0) is 22.2. The van der Waals surface area contributed by atoms with Gasteiger partial charge in [0, 0.05) is 48.3 Å². The standard InChI is InChI=1S/C20H26N2O.C4H4O4/c1-21-15-6-7-16(21)11-14(10-15)12-19(23)22-13-20(8-9-20)17-4-2-3-5-18(17)22;5-3(6)1-2-4(7)8/h2-5,14-16H,6-13H2,1H3;1-2H,(H,5,6)(H,7,8). The van der Waals surface area contributed by atoms with Crippen LogP contribution in [-0.2, 0) is 19.8 Å². The van der Waals surface area contributed by atoms with Gasteiger partial charge in [-0.05, 0) is 63.1 Å². The molecule has 166 valence electrons. The van der Waals surface area contributed by atoms with Gasteiger partial charge in [0.1, 0.15) is 0 Å². The number of carboxylic acids is 2. The number of para-hydroxylation sites is 1. The first-order valence-electron chi connectivity index (χ1n) is 11.0. The van der Waals surface area contributed by atoms with Gasteiger partial charge in [0.05, 0.1) is 0 Å². The number of rotatable bonds is 4. The molecule has 1 spiro atoms. The van der Waals surface area contributed by atoms with E-state index >= 15 is 0 Å². The number of carboxylic acid groups (broad SMARTS) is 2. The summed E-state index contributed by atoms with van der Waals surface area (Å²) in [6.45, 7) is 0.935. The van der Waals surface area contributed by atoms with Crippen molar-refractivity contribution in [1.82, 2.24) is 4.90 Å². The molecule has 3 fully saturated rings. The summed E-state index contributed by atoms with van der Waals surface area (Å²) in [5.74, 6) is -1.55. The van der Waals surface area contributed by atoms with Gasteiger partial charge in [0.15, 0.2) is 0 Å². The summed E-state index contributed by atoms with van der Waals surface area (Å²) in [5, 5.41) is 15.6. The predicted octanol–water partition coefficient (Wildman–Crippen LogP) is 3.04. The van der Waals surface area contributed by atoms with Crippen molar-refractivity contribution in [3.8, 4) is 0 Å². The van der Waals surface area contributed by atoms with Crippen molar-refractivity contribution in [2.75, 3.05) is 18.5 Å². The molecule has 7 nitrogen and oxygen atoms in total. The summed E-state index contributed by atoms with van der Waals surface area (Å²) in [7, 11) is 2.27. The molecule has 2 saturated heterocycles. The van der Waals surface area contributed by atoms with Crippen LogP contribution < -0.4 is 4.90 Å². The third-order valence-corrected chi connectivity index (χ3v) is 7.41. The minimum atomic E-state index is -1.26. The summed E-state index contributed by atoms with van der Waals surface area (Å²) < 4.78 is 0. The monoisotopic (exact) mass is 426 g/mol. The van der Waals surface area contributed by atoms with Crippen LogP contribution in [0.3, 0.4) is 0 Å². The Hall–Kier alpha value is -2.67. The van der Waals surface area contributed by atoms with E-state index in [1.54, 1.807) is 0 Å². The lowest BCUT2D eigenvalue weighted by Gasteiger charge is -2.36. The van der Waals surface area contributed by atoms with E-state index in [0.717, 1.165) is 25.0 Å². The molecular weight excluding hydrogens is 396 g/mol. The molecule has 1 aliphatic carbocycles. The molecule has 1 saturated carbocycles. The minimum Gasteiger partial charge on any atom is -0.478 e. The lowest BCUT2D eigenvalue weighted by atomic mass is 9.88. The Morgan fingerprint density at radius 2 is 1.61 bits per heavy atom. The fourth-order valence-electron chi connectivity index (χ4n) is 5.62. The number of aliphatic carboxylic acids is 2. The number of carbonyl (C=O) groups excluding carboxylic acids is 1. The van der Waals surface area contributed by atoms with Crippen molar-refractivity contribution in [2.45, 2.75) is 62.4 Å². The van der Waals surface area contributed by atoms with Crippen molar-refractivity contribution in [3.05, 3.63) is 42.0 Å². The number of hydrogen-bond donors (Lipinski definition) is 2. The largest absolute Gasteiger partial charge is 0.478 e. The molecule has 1 amide bonds. The molecule has 2 bridgehead atoms. The second-order valence-corrected chi connectivity index (χ2v) is 9.38. The Labute approximate surface area is 182 Å². The Bertz CT molecular complexity index is 877. The third kappa shape index (κ3) is 4.51. The number of amides is 1. The Kier molecular flexibility index (Phi) is 5.88. The van der Waals surface area contributed by atoms with Gasteiger partial charge >= 0.3 is 11.9 Å². The quantitative estimate of drug-likeness (QED) is 0.718. The molecule has 5 rings (SSSR count). The van der Waals surface area contributed by atoms with Gasteiger partial charge in [0.25, 0.3) is 0 Å². The van der Waals surface area contributed by atoms with Gasteiger partial charge < -0.3 is 20.0 Å². The molecule has 2 unspecified atom stereocenters. The maximum absolute atomic E-state index is 13.0. The van der Waals surface area contributed by atoms with E-state index in [-0.39, 0.29) is 0 Å². The summed E-state index contributed by atoms with van der Waals surface area (Å²) in [4.78, 5) is 36.8. The molecule has 3 aliphatic heterocycles. The van der Waals surface area contributed by atoms with E-state index < -0.39 is 11.9 Å². The van der Waals surface area contributed by atoms with Crippen LogP contribution in [0.4, 0.5) is 5.69 Å². The average Bonchev–Trinajstić information content (AvgIpc) is 3.40. The van der Waals surface area contributed by atoms with E-state index in [1.807, 2.05) is 0 Å². The summed E-state index contributed by atoms with van der Waals surface area (Å²) in [5.41, 5.74) is 2.95. The van der Waals surface area contributed by atoms with E-state index in [1.165, 1.54) is 49.8 Å². The van der Waals surface area contributed by atoms with Gasteiger partial charge in [-0.2, -0.15) is 0 Å². The molecule has 2 atom stereocenters. The van der Waals surface area contributed by atoms with Crippen LogP contribution in [0.2, 0.25) is 0 Å². The van der Waals surface area contributed by atoms with Crippen molar-refractivity contribution >= 4 is 23.5 Å². The highest BCUT2D eigenvalue weighted by Crippen LogP contribution is 2.56. The van der Waals surface area contributed by atoms with E-state index in [9.17, 15) is 14.4 Å². The Morgan fingerprint density at radius 3 is 2.16 bits per heavy atom. The summed E-state index contributed by atoms with van der Waals surface area (Å²) in [6.07, 6.45) is 9.50. The van der Waals surface area contributed by atoms with E-state index in [2.05, 4.69) is 41.1 Å². The van der Waals surface area contributed by atoms with Crippen molar-refractivity contribution in [1.29, 1.82) is 0 Å². The Morgan fingerprint density at radius 1 is 1.03 bits per heavy atom. The van der Waals surface area contributed by atoms with Crippen molar-refractivity contribution in [3.63, 3.8) is 0 Å². The highest BCUT2D eigenvalue weighted by Gasteiger charge is 2.53. The average molecular weight is 427 g/mol. The number of benzene rings is 1. The molecule has 0 radical (unpaired) electrons. The zero-order valence-electron chi connectivity index (χ0n) is 17.9. The highest BCUT2D eigenvalue weighted by atomic mass is 16.4. The maximum atomic E-state index is 13.0. The molecular formula is C24H30N2O5. The molecule has 1 aromatic rings. The number of hydrogen-bond acceptors (Lipinski definition) is 4. The number of anilines is 1. The lowest BCUT2D eigenvalue weighted by molar-refractivity contribution is -0.134. The summed E-state index contributed by atoms with van der Waals surface area (Å²) in [6, 6.07) is 10.1. The molecule has 1 aromatic carbocycles. The first kappa shape index (κ1) is 21.6. The van der Waals surface area contributed by atoms with Crippen LogP contribution in [0.5, 0.6) is 0 Å². The van der Waals surface area contributed by atoms with Crippen LogP contribution in [0.1, 0.15) is 50.5 Å². The maximum Gasteiger partial charge on any atom is 0.328 e. The van der Waals surface area contributed by atoms with Crippen LogP contribution in [0.25, 0.3) is 0 Å². The Balaban J connectivity index is 0.000000250. The SMILES string of the molecule is CN1C2CCC1CC(CC(=O)N1CC3(CC3)c3ccccc31)C2.O=C(O)C=CC(=O)O. The normalized spacial score (nSPS) is 27.6. The van der Waals surface area contributed by atoms with Crippen molar-refractivity contribution < 1.29 is 24.6 Å². The number of fused-ring (bicyclic) bond motifs is 4. The number of piperidine rings is 1. The van der Waals surface area contributed by atoms with Crippen molar-refractivity contribution in [2.24, 2.45) is 5.92 Å². The fourth-order valence-corrected chi connectivity index (χ4v) is 5.62. The number of nitrogens with zero attached hydrogens (tertiary/aromatic N) is 2. The second-order valence-electron chi connectivity index (χ2n) is 9.38. The molecule has 2 N–H and O–H groups in total. The van der Waals surface area contributed by atoms with Gasteiger partial charge in [-0.3, -0.25) is 4.79 Å². The smallest absolute Gasteiger partial charge is 0.328 e. The van der Waals surface area contributed by atoms with E-state index in [4.69, 9.17) is 10.2 Å². The van der Waals surface area contributed by atoms with Crippen LogP contribution >= 0.6 is 0 Å². The second kappa shape index (κ2) is 8.46. The highest BCUT2D eigenvalue weighted by molar-refractivity contribution is 5.97. The zero-order valence-corrected chi connectivity index (χ0v) is 17.9. The van der Waals surface area contributed by atoms with Crippen LogP contribution in [-0.4, -0.2) is 58.6 Å². The molecule has 31 heavy (non-hydrogen) atoms. The van der Waals surface area contributed by atoms with Crippen LogP contribution in [0, 0.1) is 5.92 Å². The summed E-state index contributed by atoms with van der Waals surface area (Å²) >= 11 is 0. The first-order chi connectivity index (χ1) is 14.8. The van der Waals surface area contributed by atoms with Gasteiger partial charge in [-0.1, -0.05) is 18.2 Å². The number of carbonyl (C=O) groups is 3. The minimum absolute atomic E-state index is 0.318. The molecule has 4 aliphatic rings. The van der Waals surface area contributed by atoms with E-state index in [0.29, 0.717) is 29.4 Å². The predicted molar refractivity (Wildman–Crippen MR) is 116 cm³/mol. The molecule has 7 heteroatoms. The van der Waals surface area contributed by atoms with Gasteiger partial charge in [-0.25, -0.2) is 9.59 Å². The van der Waals surface area contributed by atoms with Gasteiger partial charge in [0.2, 0.25) is 5.91 Å². The molecule has 3 heterocycles. The fraction of sp³-hybridized carbons (Fsp3) is 0.542. The van der Waals surface area contributed by atoms with Crippen LogP contribution in [0.15, 0.2) is 36.4 Å². The third-order valence-electron chi connectivity index (χ3n) is 7.41. The molecule has 0 aromatic heterocycles. The lowest BCUT2D eigenvalue weighted by Crippen LogP contribution is -2.42.